The van der Waals surface area contributed by atoms with Crippen molar-refractivity contribution < 1.29 is 8.83 Å². The molecule has 3 heterocycles. The molecule has 7 nitrogen and oxygen atoms in total. The van der Waals surface area contributed by atoms with Gasteiger partial charge in [0.05, 0.1) is 17.6 Å². The zero-order valence-corrected chi connectivity index (χ0v) is 15.2. The van der Waals surface area contributed by atoms with Crippen molar-refractivity contribution in [2.45, 2.75) is 31.2 Å². The average molecular weight is 367 g/mol. The van der Waals surface area contributed by atoms with Crippen LogP contribution in [0.1, 0.15) is 24.5 Å². The van der Waals surface area contributed by atoms with Crippen LogP contribution in [0.4, 0.5) is 0 Å². The van der Waals surface area contributed by atoms with Gasteiger partial charge in [-0.1, -0.05) is 36.9 Å². The van der Waals surface area contributed by atoms with Crippen LogP contribution in [0.2, 0.25) is 0 Å². The monoisotopic (exact) mass is 367 g/mol. The lowest BCUT2D eigenvalue weighted by Crippen LogP contribution is -1.99. The summed E-state index contributed by atoms with van der Waals surface area (Å²) in [6.45, 7) is 3.90. The van der Waals surface area contributed by atoms with Crippen molar-refractivity contribution in [3.05, 3.63) is 60.2 Å². The zero-order chi connectivity index (χ0) is 17.9. The molecule has 3 aromatic heterocycles. The molecule has 0 N–H and O–H groups in total. The summed E-state index contributed by atoms with van der Waals surface area (Å²) in [6, 6.07) is 11.9. The number of benzene rings is 1. The van der Waals surface area contributed by atoms with E-state index in [1.54, 1.807) is 6.26 Å². The maximum Gasteiger partial charge on any atom is 0.226 e. The smallest absolute Gasteiger partial charge is 0.226 e. The van der Waals surface area contributed by atoms with E-state index in [4.69, 9.17) is 8.83 Å². The molecule has 26 heavy (non-hydrogen) atoms. The Morgan fingerprint density at radius 2 is 1.81 bits per heavy atom. The van der Waals surface area contributed by atoms with Crippen molar-refractivity contribution in [3.63, 3.8) is 0 Å². The fraction of sp³-hybridized carbons (Fsp3) is 0.222. The molecule has 0 fully saturated rings. The molecule has 0 aliphatic heterocycles. The molecule has 0 saturated carbocycles. The number of furan rings is 1. The number of rotatable bonds is 6. The first kappa shape index (κ1) is 16.6. The van der Waals surface area contributed by atoms with E-state index in [1.807, 2.05) is 54.8 Å². The fourth-order valence-corrected chi connectivity index (χ4v) is 3.37. The first-order valence-electron chi connectivity index (χ1n) is 8.25. The number of nitrogens with zero attached hydrogens (tertiary/aromatic N) is 5. The standard InChI is InChI=1S/C18H17N5O2S/c1-3-15-19-20-16(25-15)11-26-18-22-21-17(14-9-10-24-12(14)2)23(18)13-7-5-4-6-8-13/h4-10H,3,11H2,1-2H3. The topological polar surface area (TPSA) is 82.8 Å². The number of aromatic nitrogens is 5. The second-order valence-corrected chi connectivity index (χ2v) is 6.54. The molecule has 4 rings (SSSR count). The van der Waals surface area contributed by atoms with Gasteiger partial charge in [-0.2, -0.15) is 0 Å². The summed E-state index contributed by atoms with van der Waals surface area (Å²) >= 11 is 1.51. The number of hydrogen-bond donors (Lipinski definition) is 0. The maximum absolute atomic E-state index is 5.58. The van der Waals surface area contributed by atoms with Crippen LogP contribution in [0.25, 0.3) is 17.1 Å². The van der Waals surface area contributed by atoms with Gasteiger partial charge in [0, 0.05) is 12.1 Å². The molecule has 0 unspecified atom stereocenters. The molecule has 0 atom stereocenters. The second kappa shape index (κ2) is 7.17. The van der Waals surface area contributed by atoms with Crippen molar-refractivity contribution in [2.24, 2.45) is 0 Å². The lowest BCUT2D eigenvalue weighted by molar-refractivity contribution is 0.470. The van der Waals surface area contributed by atoms with Gasteiger partial charge in [-0.05, 0) is 25.1 Å². The van der Waals surface area contributed by atoms with Gasteiger partial charge in [0.25, 0.3) is 0 Å². The lowest BCUT2D eigenvalue weighted by Gasteiger charge is -2.09. The Balaban J connectivity index is 1.70. The molecule has 0 bridgehead atoms. The molecule has 8 heteroatoms. The van der Waals surface area contributed by atoms with Crippen LogP contribution >= 0.6 is 11.8 Å². The van der Waals surface area contributed by atoms with Crippen molar-refractivity contribution in [1.82, 2.24) is 25.0 Å². The highest BCUT2D eigenvalue weighted by Crippen LogP contribution is 2.31. The molecule has 1 aromatic carbocycles. The van der Waals surface area contributed by atoms with Gasteiger partial charge in [-0.3, -0.25) is 4.57 Å². The highest BCUT2D eigenvalue weighted by molar-refractivity contribution is 7.98. The molecule has 0 saturated heterocycles. The van der Waals surface area contributed by atoms with Gasteiger partial charge in [0.15, 0.2) is 11.0 Å². The van der Waals surface area contributed by atoms with E-state index >= 15 is 0 Å². The van der Waals surface area contributed by atoms with Crippen LogP contribution in [0.3, 0.4) is 0 Å². The molecule has 0 aliphatic rings. The van der Waals surface area contributed by atoms with E-state index in [1.165, 1.54) is 11.8 Å². The number of aryl methyl sites for hydroxylation is 2. The van der Waals surface area contributed by atoms with E-state index in [2.05, 4.69) is 20.4 Å². The molecule has 0 spiro atoms. The SMILES string of the molecule is CCc1nnc(CSc2nnc(-c3ccoc3C)n2-c2ccccc2)o1. The van der Waals surface area contributed by atoms with Gasteiger partial charge in [0.2, 0.25) is 11.8 Å². The first-order chi connectivity index (χ1) is 12.8. The Morgan fingerprint density at radius 1 is 1.00 bits per heavy atom. The molecule has 0 amide bonds. The van der Waals surface area contributed by atoms with Crippen LogP contribution in [0, 0.1) is 6.92 Å². The number of thioether (sulfide) groups is 1. The quantitative estimate of drug-likeness (QED) is 0.475. The van der Waals surface area contributed by atoms with Crippen LogP contribution in [-0.4, -0.2) is 25.0 Å². The van der Waals surface area contributed by atoms with Crippen molar-refractivity contribution in [2.75, 3.05) is 0 Å². The molecule has 0 radical (unpaired) electrons. The first-order valence-corrected chi connectivity index (χ1v) is 9.24. The van der Waals surface area contributed by atoms with Gasteiger partial charge >= 0.3 is 0 Å². The summed E-state index contributed by atoms with van der Waals surface area (Å²) in [5, 5.41) is 17.6. The Labute approximate surface area is 154 Å². The van der Waals surface area contributed by atoms with Crippen LogP contribution in [0.15, 0.2) is 56.7 Å². The van der Waals surface area contributed by atoms with E-state index < -0.39 is 0 Å². The predicted molar refractivity (Wildman–Crippen MR) is 97.0 cm³/mol. The summed E-state index contributed by atoms with van der Waals surface area (Å²) in [5.41, 5.74) is 1.90. The zero-order valence-electron chi connectivity index (χ0n) is 14.4. The molecular weight excluding hydrogens is 350 g/mol. The third-order valence-electron chi connectivity index (χ3n) is 3.88. The number of hydrogen-bond acceptors (Lipinski definition) is 7. The lowest BCUT2D eigenvalue weighted by atomic mass is 10.2. The molecular formula is C18H17N5O2S. The Morgan fingerprint density at radius 3 is 2.50 bits per heavy atom. The average Bonchev–Trinajstić information content (AvgIpc) is 3.39. The summed E-state index contributed by atoms with van der Waals surface area (Å²) < 4.78 is 13.0. The van der Waals surface area contributed by atoms with E-state index in [-0.39, 0.29) is 0 Å². The van der Waals surface area contributed by atoms with Gasteiger partial charge in [0.1, 0.15) is 5.76 Å². The summed E-state index contributed by atoms with van der Waals surface area (Å²) in [4.78, 5) is 0. The van der Waals surface area contributed by atoms with E-state index in [0.29, 0.717) is 17.5 Å². The van der Waals surface area contributed by atoms with Gasteiger partial charge < -0.3 is 8.83 Å². The van der Waals surface area contributed by atoms with Gasteiger partial charge in [-0.15, -0.1) is 20.4 Å². The number of para-hydroxylation sites is 1. The Bertz CT molecular complexity index is 1010. The summed E-state index contributed by atoms with van der Waals surface area (Å²) in [7, 11) is 0. The summed E-state index contributed by atoms with van der Waals surface area (Å²) in [5.74, 6) is 3.29. The third-order valence-corrected chi connectivity index (χ3v) is 4.80. The minimum atomic E-state index is 0.530. The van der Waals surface area contributed by atoms with Crippen LogP contribution in [0.5, 0.6) is 0 Å². The Hall–Kier alpha value is -2.87. The predicted octanol–water partition coefficient (Wildman–Crippen LogP) is 4.07. The van der Waals surface area contributed by atoms with Crippen molar-refractivity contribution in [3.8, 4) is 17.1 Å². The van der Waals surface area contributed by atoms with Crippen LogP contribution in [-0.2, 0) is 12.2 Å². The summed E-state index contributed by atoms with van der Waals surface area (Å²) in [6.07, 6.45) is 2.38. The molecule has 132 valence electrons. The van der Waals surface area contributed by atoms with E-state index in [9.17, 15) is 0 Å². The normalized spacial score (nSPS) is 11.2. The van der Waals surface area contributed by atoms with E-state index in [0.717, 1.165) is 34.4 Å². The van der Waals surface area contributed by atoms with Crippen molar-refractivity contribution in [1.29, 1.82) is 0 Å². The Kier molecular flexibility index (Phi) is 4.57. The molecule has 0 aliphatic carbocycles. The highest BCUT2D eigenvalue weighted by atomic mass is 32.2. The fourth-order valence-electron chi connectivity index (χ4n) is 2.58. The largest absolute Gasteiger partial charge is 0.469 e. The maximum atomic E-state index is 5.58. The molecule has 4 aromatic rings. The van der Waals surface area contributed by atoms with Crippen LogP contribution < -0.4 is 0 Å². The minimum absolute atomic E-state index is 0.530. The minimum Gasteiger partial charge on any atom is -0.469 e. The highest BCUT2D eigenvalue weighted by Gasteiger charge is 2.19. The van der Waals surface area contributed by atoms with Gasteiger partial charge in [-0.25, -0.2) is 0 Å². The third kappa shape index (κ3) is 3.15. The van der Waals surface area contributed by atoms with Crippen molar-refractivity contribution >= 4 is 11.8 Å². The second-order valence-electron chi connectivity index (χ2n) is 5.60.